The summed E-state index contributed by atoms with van der Waals surface area (Å²) in [5.41, 5.74) is 2.42. The van der Waals surface area contributed by atoms with E-state index in [1.165, 1.54) is 32.1 Å². The number of allylic oxidation sites excluding steroid dienone is 1. The number of hydrogen-bond donors (Lipinski definition) is 0. The zero-order valence-electron chi connectivity index (χ0n) is 15.7. The largest absolute Gasteiger partial charge is 0.400 e. The zero-order chi connectivity index (χ0) is 16.0. The van der Waals surface area contributed by atoms with Crippen LogP contribution in [0.2, 0.25) is 16.6 Å². The Bertz CT molecular complexity index is 292. The molecule has 0 saturated heterocycles. The average Bonchev–Trinajstić information content (AvgIpc) is 2.42. The van der Waals surface area contributed by atoms with Gasteiger partial charge in [0.15, 0.2) is 8.24 Å². The van der Waals surface area contributed by atoms with Crippen LogP contribution in [0.15, 0.2) is 12.3 Å². The monoisotopic (exact) mass is 309 g/mol. The molecule has 1 rings (SSSR count). The summed E-state index contributed by atoms with van der Waals surface area (Å²) >= 11 is 0. The Balaban J connectivity index is 3.24. The fourth-order valence-corrected chi connectivity index (χ4v) is 12.1. The zero-order valence-corrected chi connectivity index (χ0v) is 16.7. The van der Waals surface area contributed by atoms with E-state index in [1.54, 1.807) is 0 Å². The third kappa shape index (κ3) is 3.94. The van der Waals surface area contributed by atoms with Gasteiger partial charge in [0.05, 0.1) is 0 Å². The minimum Gasteiger partial charge on any atom is -0.400 e. The van der Waals surface area contributed by atoms with Gasteiger partial charge in [0, 0.05) is 6.04 Å². The molecule has 0 aromatic rings. The van der Waals surface area contributed by atoms with Crippen molar-refractivity contribution in [3.63, 3.8) is 0 Å². The maximum absolute atomic E-state index is 2.94. The summed E-state index contributed by atoms with van der Waals surface area (Å²) in [6, 6.07) is 0.806. The highest BCUT2D eigenvalue weighted by Gasteiger charge is 2.49. The molecular formula is C19H39NSi. The summed E-state index contributed by atoms with van der Waals surface area (Å²) < 4.78 is 2.94. The van der Waals surface area contributed by atoms with Gasteiger partial charge in [-0.15, -0.1) is 0 Å². The van der Waals surface area contributed by atoms with Crippen LogP contribution in [0.5, 0.6) is 0 Å². The van der Waals surface area contributed by atoms with Crippen LogP contribution < -0.4 is 0 Å². The molecule has 0 aromatic carbocycles. The normalized spacial score (nSPS) is 18.4. The molecule has 0 spiro atoms. The molecule has 0 bridgehead atoms. The SMILES string of the molecule is CCC=CN(C1CCCCC1)[Si](C(C)C)(C(C)C)C(C)C. The molecule has 0 heterocycles. The second-order valence-corrected chi connectivity index (χ2v) is 13.6. The summed E-state index contributed by atoms with van der Waals surface area (Å²) in [5, 5.41) is 0. The van der Waals surface area contributed by atoms with Crippen LogP contribution in [-0.4, -0.2) is 18.8 Å². The summed E-state index contributed by atoms with van der Waals surface area (Å²) in [5.74, 6) is 0. The molecule has 0 amide bonds. The lowest BCUT2D eigenvalue weighted by molar-refractivity contribution is 0.288. The first-order valence-corrected chi connectivity index (χ1v) is 11.5. The smallest absolute Gasteiger partial charge is 0.163 e. The standard InChI is InChI=1S/C19H39NSi/c1-8-9-15-20(19-13-11-10-12-14-19)21(16(2)3,17(4)5)18(6)7/h9,15-19H,8,10-14H2,1-7H3. The number of rotatable bonds is 7. The third-order valence-corrected chi connectivity index (χ3v) is 12.6. The first-order chi connectivity index (χ1) is 9.88. The van der Waals surface area contributed by atoms with E-state index >= 15 is 0 Å². The molecule has 21 heavy (non-hydrogen) atoms. The molecule has 1 aliphatic carbocycles. The van der Waals surface area contributed by atoms with E-state index in [0.29, 0.717) is 0 Å². The van der Waals surface area contributed by atoms with E-state index in [0.717, 1.165) is 29.1 Å². The van der Waals surface area contributed by atoms with Gasteiger partial charge in [-0.3, -0.25) is 0 Å². The van der Waals surface area contributed by atoms with Crippen molar-refractivity contribution in [3.8, 4) is 0 Å². The molecule has 1 nitrogen and oxygen atoms in total. The quantitative estimate of drug-likeness (QED) is 0.472. The average molecular weight is 310 g/mol. The van der Waals surface area contributed by atoms with Gasteiger partial charge < -0.3 is 4.57 Å². The highest BCUT2D eigenvalue weighted by molar-refractivity contribution is 6.81. The van der Waals surface area contributed by atoms with E-state index in [9.17, 15) is 0 Å². The van der Waals surface area contributed by atoms with Crippen molar-refractivity contribution in [2.75, 3.05) is 0 Å². The van der Waals surface area contributed by atoms with Gasteiger partial charge in [0.1, 0.15) is 0 Å². The van der Waals surface area contributed by atoms with Crippen molar-refractivity contribution in [2.45, 2.75) is 110 Å². The second-order valence-electron chi connectivity index (χ2n) is 7.84. The van der Waals surface area contributed by atoms with Crippen LogP contribution in [0.4, 0.5) is 0 Å². The van der Waals surface area contributed by atoms with E-state index in [1.807, 2.05) is 0 Å². The summed E-state index contributed by atoms with van der Waals surface area (Å²) in [7, 11) is -1.54. The lowest BCUT2D eigenvalue weighted by Gasteiger charge is -2.54. The molecule has 0 radical (unpaired) electrons. The maximum Gasteiger partial charge on any atom is 0.163 e. The molecule has 124 valence electrons. The van der Waals surface area contributed by atoms with Gasteiger partial charge in [-0.2, -0.15) is 0 Å². The predicted octanol–water partition coefficient (Wildman–Crippen LogP) is 6.72. The van der Waals surface area contributed by atoms with Gasteiger partial charge in [0.25, 0.3) is 0 Å². The van der Waals surface area contributed by atoms with Crippen LogP contribution >= 0.6 is 0 Å². The molecule has 0 aliphatic heterocycles. The first-order valence-electron chi connectivity index (χ1n) is 9.34. The summed E-state index contributed by atoms with van der Waals surface area (Å²) in [6.45, 7) is 17.2. The fraction of sp³-hybridized carbons (Fsp3) is 0.895. The molecule has 0 aromatic heterocycles. The summed E-state index contributed by atoms with van der Waals surface area (Å²) in [6.07, 6.45) is 13.2. The van der Waals surface area contributed by atoms with Crippen molar-refractivity contribution in [2.24, 2.45) is 0 Å². The van der Waals surface area contributed by atoms with E-state index in [4.69, 9.17) is 0 Å². The lowest BCUT2D eigenvalue weighted by atomic mass is 9.96. The highest BCUT2D eigenvalue weighted by Crippen LogP contribution is 2.46. The van der Waals surface area contributed by atoms with Crippen molar-refractivity contribution in [1.29, 1.82) is 0 Å². The summed E-state index contributed by atoms with van der Waals surface area (Å²) in [4.78, 5) is 0. The Morgan fingerprint density at radius 1 is 0.905 bits per heavy atom. The Morgan fingerprint density at radius 3 is 1.76 bits per heavy atom. The lowest BCUT2D eigenvalue weighted by Crippen LogP contribution is -2.61. The molecule has 0 atom stereocenters. The molecule has 1 fully saturated rings. The predicted molar refractivity (Wildman–Crippen MR) is 99.2 cm³/mol. The molecule has 0 unspecified atom stereocenters. The first kappa shape index (κ1) is 18.8. The molecule has 2 heteroatoms. The van der Waals surface area contributed by atoms with Crippen LogP contribution in [0.3, 0.4) is 0 Å². The minimum atomic E-state index is -1.54. The van der Waals surface area contributed by atoms with Crippen molar-refractivity contribution in [1.82, 2.24) is 4.57 Å². The Kier molecular flexibility index (Phi) is 7.53. The van der Waals surface area contributed by atoms with E-state index < -0.39 is 8.24 Å². The molecule has 0 N–H and O–H groups in total. The third-order valence-electron chi connectivity index (χ3n) is 5.69. The van der Waals surface area contributed by atoms with E-state index in [-0.39, 0.29) is 0 Å². The highest BCUT2D eigenvalue weighted by atomic mass is 28.3. The van der Waals surface area contributed by atoms with Gasteiger partial charge in [-0.1, -0.05) is 73.8 Å². The van der Waals surface area contributed by atoms with Gasteiger partial charge in [-0.05, 0) is 42.1 Å². The Labute approximate surface area is 135 Å². The van der Waals surface area contributed by atoms with Gasteiger partial charge >= 0.3 is 0 Å². The Morgan fingerprint density at radius 2 is 1.38 bits per heavy atom. The van der Waals surface area contributed by atoms with Crippen molar-refractivity contribution < 1.29 is 0 Å². The number of hydrogen-bond acceptors (Lipinski definition) is 1. The minimum absolute atomic E-state index is 0.806. The van der Waals surface area contributed by atoms with Crippen LogP contribution in [0.25, 0.3) is 0 Å². The van der Waals surface area contributed by atoms with Crippen LogP contribution in [-0.2, 0) is 0 Å². The molecular weight excluding hydrogens is 270 g/mol. The van der Waals surface area contributed by atoms with Crippen molar-refractivity contribution >= 4 is 8.24 Å². The fourth-order valence-electron chi connectivity index (χ4n) is 5.04. The Hall–Kier alpha value is -0.243. The van der Waals surface area contributed by atoms with Crippen LogP contribution in [0.1, 0.15) is 87.0 Å². The van der Waals surface area contributed by atoms with Crippen LogP contribution in [0, 0.1) is 0 Å². The van der Waals surface area contributed by atoms with E-state index in [2.05, 4.69) is 65.3 Å². The van der Waals surface area contributed by atoms with Gasteiger partial charge in [-0.25, -0.2) is 0 Å². The van der Waals surface area contributed by atoms with Crippen molar-refractivity contribution in [3.05, 3.63) is 12.3 Å². The van der Waals surface area contributed by atoms with Gasteiger partial charge in [0.2, 0.25) is 0 Å². The number of nitrogens with zero attached hydrogens (tertiary/aromatic N) is 1. The maximum atomic E-state index is 2.94. The molecule has 1 aliphatic rings. The topological polar surface area (TPSA) is 3.24 Å². The second kappa shape index (κ2) is 8.41. The molecule has 1 saturated carbocycles.